The van der Waals surface area contributed by atoms with E-state index >= 15 is 0 Å². The van der Waals surface area contributed by atoms with E-state index in [1.165, 1.54) is 5.69 Å². The number of ether oxygens (including phenoxy) is 1. The molecule has 1 aliphatic heterocycles. The lowest BCUT2D eigenvalue weighted by Gasteiger charge is -2.18. The van der Waals surface area contributed by atoms with Crippen LogP contribution in [0.1, 0.15) is 6.42 Å². The van der Waals surface area contributed by atoms with Crippen LogP contribution < -0.4 is 15.0 Å². The first-order chi connectivity index (χ1) is 13.7. The maximum absolute atomic E-state index is 12.2. The Kier molecular flexibility index (Phi) is 5.63. The highest BCUT2D eigenvalue weighted by Gasteiger charge is 2.23. The first-order valence-electron chi connectivity index (χ1n) is 9.43. The summed E-state index contributed by atoms with van der Waals surface area (Å²) in [6.45, 7) is 2.59. The molecule has 2 aromatic carbocycles. The third-order valence-electron chi connectivity index (χ3n) is 5.03. The van der Waals surface area contributed by atoms with Gasteiger partial charge in [-0.05, 0) is 48.7 Å². The van der Waals surface area contributed by atoms with Crippen molar-refractivity contribution in [3.63, 3.8) is 0 Å². The predicted molar refractivity (Wildman–Crippen MR) is 112 cm³/mol. The van der Waals surface area contributed by atoms with Crippen molar-refractivity contribution < 1.29 is 9.53 Å². The third kappa shape index (κ3) is 4.20. The Morgan fingerprint density at radius 2 is 2.04 bits per heavy atom. The molecule has 5 nitrogen and oxygen atoms in total. The molecule has 6 heteroatoms. The lowest BCUT2D eigenvalue weighted by Crippen LogP contribution is -2.34. The Morgan fingerprint density at radius 1 is 1.18 bits per heavy atom. The van der Waals surface area contributed by atoms with Gasteiger partial charge in [0.1, 0.15) is 11.3 Å². The number of hydrogen-bond acceptors (Lipinski definition) is 4. The fourth-order valence-electron chi connectivity index (χ4n) is 3.55. The molecule has 1 N–H and O–H groups in total. The summed E-state index contributed by atoms with van der Waals surface area (Å²) in [5.41, 5.74) is 1.90. The summed E-state index contributed by atoms with van der Waals surface area (Å²) in [6.07, 6.45) is 2.76. The van der Waals surface area contributed by atoms with Crippen molar-refractivity contribution in [1.29, 1.82) is 0 Å². The zero-order valence-electron chi connectivity index (χ0n) is 15.5. The fourth-order valence-corrected chi connectivity index (χ4v) is 3.77. The van der Waals surface area contributed by atoms with Crippen molar-refractivity contribution in [2.24, 2.45) is 5.92 Å². The predicted octanol–water partition coefficient (Wildman–Crippen LogP) is 3.91. The number of aromatic nitrogens is 1. The molecular weight excluding hydrogens is 374 g/mol. The molecule has 1 amide bonds. The molecule has 144 valence electrons. The van der Waals surface area contributed by atoms with Crippen LogP contribution in [0.3, 0.4) is 0 Å². The summed E-state index contributed by atoms with van der Waals surface area (Å²) in [7, 11) is 0. The van der Waals surface area contributed by atoms with Gasteiger partial charge in [0.05, 0.1) is 5.02 Å². The summed E-state index contributed by atoms with van der Waals surface area (Å²) >= 11 is 6.19. The van der Waals surface area contributed by atoms with E-state index in [0.717, 1.165) is 24.9 Å². The third-order valence-corrected chi connectivity index (χ3v) is 5.36. The van der Waals surface area contributed by atoms with Gasteiger partial charge in [0.25, 0.3) is 5.91 Å². The summed E-state index contributed by atoms with van der Waals surface area (Å²) in [6, 6.07) is 17.6. The molecule has 0 saturated carbocycles. The van der Waals surface area contributed by atoms with Crippen molar-refractivity contribution in [2.75, 3.05) is 31.1 Å². The quantitative estimate of drug-likeness (QED) is 0.687. The average Bonchev–Trinajstić information content (AvgIpc) is 3.22. The molecule has 3 aromatic rings. The van der Waals surface area contributed by atoms with Gasteiger partial charge in [-0.15, -0.1) is 0 Å². The zero-order valence-corrected chi connectivity index (χ0v) is 16.2. The molecule has 0 bridgehead atoms. The highest BCUT2D eigenvalue weighted by Crippen LogP contribution is 2.29. The molecule has 0 aliphatic carbocycles. The topological polar surface area (TPSA) is 54.5 Å². The molecule has 2 heterocycles. The van der Waals surface area contributed by atoms with Gasteiger partial charge in [0.2, 0.25) is 0 Å². The highest BCUT2D eigenvalue weighted by molar-refractivity contribution is 6.35. The van der Waals surface area contributed by atoms with E-state index in [0.29, 0.717) is 28.8 Å². The lowest BCUT2D eigenvalue weighted by molar-refractivity contribution is -0.123. The molecule has 28 heavy (non-hydrogen) atoms. The largest absolute Gasteiger partial charge is 0.481 e. The molecule has 1 saturated heterocycles. The Hall–Kier alpha value is -2.79. The standard InChI is InChI=1S/C22H22ClN3O2/c23-19-8-9-20(22-18(19)7-4-11-24-22)28-15-21(27)25-13-16-10-12-26(14-16)17-5-2-1-3-6-17/h1-9,11,16H,10,12-15H2,(H,25,27)/t16-/m1/s1. The van der Waals surface area contributed by atoms with Gasteiger partial charge in [-0.25, -0.2) is 0 Å². The molecule has 0 unspecified atom stereocenters. The van der Waals surface area contributed by atoms with Gasteiger partial charge < -0.3 is 15.0 Å². The van der Waals surface area contributed by atoms with E-state index in [1.807, 2.05) is 18.2 Å². The molecule has 1 aliphatic rings. The second-order valence-corrected chi connectivity index (χ2v) is 7.38. The van der Waals surface area contributed by atoms with E-state index in [-0.39, 0.29) is 12.5 Å². The Bertz CT molecular complexity index is 964. The first-order valence-corrected chi connectivity index (χ1v) is 9.81. The Balaban J connectivity index is 1.27. The molecule has 1 aromatic heterocycles. The minimum Gasteiger partial charge on any atom is -0.481 e. The highest BCUT2D eigenvalue weighted by atomic mass is 35.5. The smallest absolute Gasteiger partial charge is 0.257 e. The monoisotopic (exact) mass is 395 g/mol. The molecule has 1 fully saturated rings. The molecule has 0 spiro atoms. The maximum Gasteiger partial charge on any atom is 0.257 e. The van der Waals surface area contributed by atoms with Crippen molar-refractivity contribution in [3.05, 3.63) is 65.8 Å². The van der Waals surface area contributed by atoms with E-state index in [2.05, 4.69) is 39.5 Å². The number of hydrogen-bond donors (Lipinski definition) is 1. The fraction of sp³-hybridized carbons (Fsp3) is 0.273. The van der Waals surface area contributed by atoms with Crippen LogP contribution in [-0.2, 0) is 4.79 Å². The number of anilines is 1. The number of carbonyl (C=O) groups is 1. The Morgan fingerprint density at radius 3 is 2.89 bits per heavy atom. The SMILES string of the molecule is O=C(COc1ccc(Cl)c2cccnc12)NC[C@H]1CCN(c2ccccc2)C1. The van der Waals surface area contributed by atoms with Crippen LogP contribution in [0.25, 0.3) is 10.9 Å². The van der Waals surface area contributed by atoms with Crippen LogP contribution in [0.2, 0.25) is 5.02 Å². The normalized spacial score (nSPS) is 16.3. The van der Waals surface area contributed by atoms with Crippen LogP contribution in [0.4, 0.5) is 5.69 Å². The van der Waals surface area contributed by atoms with Crippen molar-refractivity contribution in [1.82, 2.24) is 10.3 Å². The van der Waals surface area contributed by atoms with Crippen LogP contribution in [0.15, 0.2) is 60.8 Å². The number of fused-ring (bicyclic) bond motifs is 1. The number of nitrogens with zero attached hydrogens (tertiary/aromatic N) is 2. The average molecular weight is 396 g/mol. The minimum atomic E-state index is -0.128. The number of benzene rings is 2. The van der Waals surface area contributed by atoms with E-state index < -0.39 is 0 Å². The molecular formula is C22H22ClN3O2. The number of carbonyl (C=O) groups excluding carboxylic acids is 1. The van der Waals surface area contributed by atoms with Gasteiger partial charge in [-0.2, -0.15) is 0 Å². The van der Waals surface area contributed by atoms with Crippen molar-refractivity contribution in [2.45, 2.75) is 6.42 Å². The number of amides is 1. The second-order valence-electron chi connectivity index (χ2n) is 6.97. The van der Waals surface area contributed by atoms with E-state index in [4.69, 9.17) is 16.3 Å². The number of halogens is 1. The van der Waals surface area contributed by atoms with E-state index in [9.17, 15) is 4.79 Å². The molecule has 4 rings (SSSR count). The summed E-state index contributed by atoms with van der Waals surface area (Å²) in [5, 5.41) is 4.42. The Labute approximate surface area is 169 Å². The van der Waals surface area contributed by atoms with Crippen LogP contribution >= 0.6 is 11.6 Å². The van der Waals surface area contributed by atoms with Crippen molar-refractivity contribution in [3.8, 4) is 5.75 Å². The molecule has 1 atom stereocenters. The number of nitrogens with one attached hydrogen (secondary N) is 1. The van der Waals surface area contributed by atoms with Gasteiger partial charge in [-0.3, -0.25) is 9.78 Å². The zero-order chi connectivity index (χ0) is 19.3. The minimum absolute atomic E-state index is 0.0393. The first kappa shape index (κ1) is 18.6. The van der Waals surface area contributed by atoms with E-state index in [1.54, 1.807) is 18.3 Å². The second kappa shape index (κ2) is 8.48. The number of pyridine rings is 1. The van der Waals surface area contributed by atoms with Gasteiger partial charge in [-0.1, -0.05) is 29.8 Å². The summed E-state index contributed by atoms with van der Waals surface area (Å²) in [4.78, 5) is 18.9. The number of rotatable bonds is 6. The number of para-hydroxylation sites is 1. The molecule has 0 radical (unpaired) electrons. The summed E-state index contributed by atoms with van der Waals surface area (Å²) < 4.78 is 5.70. The summed E-state index contributed by atoms with van der Waals surface area (Å²) in [5.74, 6) is 0.880. The van der Waals surface area contributed by atoms with Gasteiger partial charge in [0, 0.05) is 36.9 Å². The van der Waals surface area contributed by atoms with Crippen LogP contribution in [0.5, 0.6) is 5.75 Å². The van der Waals surface area contributed by atoms with Crippen molar-refractivity contribution >= 4 is 34.1 Å². The maximum atomic E-state index is 12.2. The van der Waals surface area contributed by atoms with Crippen LogP contribution in [0, 0.1) is 5.92 Å². The van der Waals surface area contributed by atoms with Gasteiger partial charge in [0.15, 0.2) is 6.61 Å². The van der Waals surface area contributed by atoms with Crippen LogP contribution in [-0.4, -0.2) is 37.1 Å². The van der Waals surface area contributed by atoms with Gasteiger partial charge >= 0.3 is 0 Å². The lowest BCUT2D eigenvalue weighted by atomic mass is 10.1.